The molecule has 0 saturated carbocycles. The number of amides is 1. The van der Waals surface area contributed by atoms with Gasteiger partial charge in [0, 0.05) is 56.5 Å². The molecule has 2 fully saturated rings. The number of carbonyl (C=O) groups excluding carboxylic acids is 1. The van der Waals surface area contributed by atoms with Crippen molar-refractivity contribution in [1.29, 1.82) is 0 Å². The number of fused-ring (bicyclic) bond motifs is 1. The maximum Gasteiger partial charge on any atom is 0.257 e. The van der Waals surface area contributed by atoms with E-state index >= 15 is 0 Å². The maximum atomic E-state index is 14.2. The average molecular weight is 422 g/mol. The molecular weight excluding hydrogens is 398 g/mol. The Bertz CT molecular complexity index is 1100. The minimum atomic E-state index is -0.341. The van der Waals surface area contributed by atoms with E-state index in [-0.39, 0.29) is 17.5 Å². The Labute approximate surface area is 179 Å². The Morgan fingerprint density at radius 1 is 0.806 bits per heavy atom. The van der Waals surface area contributed by atoms with Crippen LogP contribution in [-0.2, 0) is 0 Å². The van der Waals surface area contributed by atoms with Gasteiger partial charge in [0.25, 0.3) is 5.91 Å². The molecule has 0 spiro atoms. The van der Waals surface area contributed by atoms with Crippen molar-refractivity contribution in [2.24, 2.45) is 0 Å². The number of nitrogens with zero attached hydrogens (tertiary/aromatic N) is 4. The molecule has 7 heteroatoms. The molecule has 2 aromatic carbocycles. The molecule has 2 saturated heterocycles. The molecule has 160 valence electrons. The van der Waals surface area contributed by atoms with Crippen LogP contribution in [0.2, 0.25) is 0 Å². The summed E-state index contributed by atoms with van der Waals surface area (Å²) in [5.74, 6) is -0.629. The van der Waals surface area contributed by atoms with Crippen LogP contribution in [0.5, 0.6) is 0 Å². The summed E-state index contributed by atoms with van der Waals surface area (Å²) in [6.45, 7) is 4.29. The number of anilines is 2. The van der Waals surface area contributed by atoms with Gasteiger partial charge in [0.2, 0.25) is 0 Å². The number of likely N-dealkylation sites (tertiary alicyclic amines) is 1. The van der Waals surface area contributed by atoms with Crippen molar-refractivity contribution in [1.82, 2.24) is 9.88 Å². The summed E-state index contributed by atoms with van der Waals surface area (Å²) in [6.07, 6.45) is 3.66. The second kappa shape index (κ2) is 8.13. The van der Waals surface area contributed by atoms with E-state index in [9.17, 15) is 13.6 Å². The van der Waals surface area contributed by atoms with E-state index in [0.29, 0.717) is 29.6 Å². The molecule has 0 atom stereocenters. The Balaban J connectivity index is 1.49. The van der Waals surface area contributed by atoms with Crippen LogP contribution < -0.4 is 9.80 Å². The van der Waals surface area contributed by atoms with Crippen molar-refractivity contribution in [2.45, 2.75) is 12.8 Å². The molecule has 2 aliphatic heterocycles. The molecule has 1 aromatic heterocycles. The van der Waals surface area contributed by atoms with Gasteiger partial charge < -0.3 is 14.7 Å². The first-order chi connectivity index (χ1) is 15.1. The van der Waals surface area contributed by atoms with Crippen LogP contribution in [0, 0.1) is 11.6 Å². The Morgan fingerprint density at radius 3 is 2.16 bits per heavy atom. The predicted octanol–water partition coefficient (Wildman–Crippen LogP) is 4.08. The predicted molar refractivity (Wildman–Crippen MR) is 118 cm³/mol. The fraction of sp³-hybridized carbons (Fsp3) is 0.333. The molecule has 5 nitrogen and oxygen atoms in total. The number of hydrogen-bond donors (Lipinski definition) is 0. The van der Waals surface area contributed by atoms with Crippen LogP contribution >= 0.6 is 0 Å². The third-order valence-corrected chi connectivity index (χ3v) is 6.21. The summed E-state index contributed by atoms with van der Waals surface area (Å²) < 4.78 is 27.4. The highest BCUT2D eigenvalue weighted by atomic mass is 19.1. The van der Waals surface area contributed by atoms with Crippen molar-refractivity contribution in [2.75, 3.05) is 49.1 Å². The lowest BCUT2D eigenvalue weighted by Gasteiger charge is -2.38. The van der Waals surface area contributed by atoms with E-state index in [0.717, 1.165) is 50.4 Å². The molecule has 2 aliphatic rings. The molecule has 3 aromatic rings. The largest absolute Gasteiger partial charge is 0.368 e. The third kappa shape index (κ3) is 3.80. The van der Waals surface area contributed by atoms with Crippen LogP contribution in [0.15, 0.2) is 48.7 Å². The summed E-state index contributed by atoms with van der Waals surface area (Å²) in [5, 5.41) is 0.667. The number of carbonyl (C=O) groups is 1. The van der Waals surface area contributed by atoms with Crippen LogP contribution in [0.4, 0.5) is 20.2 Å². The topological polar surface area (TPSA) is 39.7 Å². The van der Waals surface area contributed by atoms with Crippen LogP contribution in [0.25, 0.3) is 10.9 Å². The molecule has 0 aliphatic carbocycles. The lowest BCUT2D eigenvalue weighted by atomic mass is 10.1. The fourth-order valence-electron chi connectivity index (χ4n) is 4.58. The summed E-state index contributed by atoms with van der Waals surface area (Å²) >= 11 is 0. The third-order valence-electron chi connectivity index (χ3n) is 6.21. The maximum absolute atomic E-state index is 14.2. The first-order valence-corrected chi connectivity index (χ1v) is 10.7. The van der Waals surface area contributed by atoms with E-state index in [4.69, 9.17) is 0 Å². The highest BCUT2D eigenvalue weighted by Gasteiger charge is 2.28. The van der Waals surface area contributed by atoms with E-state index in [1.807, 2.05) is 4.90 Å². The normalized spacial score (nSPS) is 16.9. The quantitative estimate of drug-likeness (QED) is 0.638. The molecular formula is C24H24F2N4O. The van der Waals surface area contributed by atoms with Crippen LogP contribution in [0.3, 0.4) is 0 Å². The van der Waals surface area contributed by atoms with E-state index in [1.165, 1.54) is 24.3 Å². The van der Waals surface area contributed by atoms with Gasteiger partial charge in [0.15, 0.2) is 0 Å². The highest BCUT2D eigenvalue weighted by Crippen LogP contribution is 2.33. The van der Waals surface area contributed by atoms with Gasteiger partial charge in [-0.05, 0) is 55.3 Å². The first kappa shape index (κ1) is 19.7. The smallest absolute Gasteiger partial charge is 0.257 e. The molecule has 0 bridgehead atoms. The SMILES string of the molecule is O=C(c1cnc2ccc(F)cc2c1N1CCN(c2ccc(F)cc2)CC1)N1CCCC1. The molecule has 1 amide bonds. The molecule has 0 radical (unpaired) electrons. The fourth-order valence-corrected chi connectivity index (χ4v) is 4.58. The van der Waals surface area contributed by atoms with Gasteiger partial charge in [0.05, 0.1) is 16.8 Å². The minimum Gasteiger partial charge on any atom is -0.368 e. The first-order valence-electron chi connectivity index (χ1n) is 10.7. The van der Waals surface area contributed by atoms with Gasteiger partial charge in [-0.15, -0.1) is 0 Å². The van der Waals surface area contributed by atoms with E-state index < -0.39 is 0 Å². The lowest BCUT2D eigenvalue weighted by molar-refractivity contribution is 0.0793. The van der Waals surface area contributed by atoms with Crippen molar-refractivity contribution in [3.05, 3.63) is 65.9 Å². The number of benzene rings is 2. The Hall–Kier alpha value is -3.22. The standard InChI is InChI=1S/C24H24F2N4O/c25-17-3-6-19(7-4-17)28-11-13-29(14-12-28)23-20-15-18(26)5-8-22(20)27-16-21(23)24(31)30-9-1-2-10-30/h3-8,15-16H,1-2,9-14H2. The van der Waals surface area contributed by atoms with Crippen LogP contribution in [0.1, 0.15) is 23.2 Å². The molecule has 0 N–H and O–H groups in total. The van der Waals surface area contributed by atoms with E-state index in [1.54, 1.807) is 24.4 Å². The number of halogens is 2. The van der Waals surface area contributed by atoms with Crippen molar-refractivity contribution < 1.29 is 13.6 Å². The molecule has 0 unspecified atom stereocenters. The van der Waals surface area contributed by atoms with Gasteiger partial charge in [-0.1, -0.05) is 0 Å². The van der Waals surface area contributed by atoms with Gasteiger partial charge in [0.1, 0.15) is 11.6 Å². The summed E-state index contributed by atoms with van der Waals surface area (Å²) in [6, 6.07) is 11.0. The summed E-state index contributed by atoms with van der Waals surface area (Å²) in [7, 11) is 0. The van der Waals surface area contributed by atoms with Gasteiger partial charge in [-0.2, -0.15) is 0 Å². The molecule has 31 heavy (non-hydrogen) atoms. The van der Waals surface area contributed by atoms with Gasteiger partial charge in [-0.25, -0.2) is 8.78 Å². The number of hydrogen-bond acceptors (Lipinski definition) is 4. The molecule has 3 heterocycles. The number of rotatable bonds is 3. The zero-order chi connectivity index (χ0) is 21.4. The Kier molecular flexibility index (Phi) is 5.18. The summed E-state index contributed by atoms with van der Waals surface area (Å²) in [5.41, 5.74) is 2.95. The van der Waals surface area contributed by atoms with Crippen LogP contribution in [-0.4, -0.2) is 55.1 Å². The average Bonchev–Trinajstić information content (AvgIpc) is 3.33. The number of aromatic nitrogens is 1. The van der Waals surface area contributed by atoms with Gasteiger partial charge in [-0.3, -0.25) is 9.78 Å². The van der Waals surface area contributed by atoms with Crippen molar-refractivity contribution in [3.63, 3.8) is 0 Å². The second-order valence-corrected chi connectivity index (χ2v) is 8.13. The van der Waals surface area contributed by atoms with Crippen molar-refractivity contribution in [3.8, 4) is 0 Å². The minimum absolute atomic E-state index is 0.0351. The number of piperazine rings is 1. The van der Waals surface area contributed by atoms with E-state index in [2.05, 4.69) is 14.8 Å². The lowest BCUT2D eigenvalue weighted by Crippen LogP contribution is -2.47. The van der Waals surface area contributed by atoms with Crippen molar-refractivity contribution >= 4 is 28.2 Å². The second-order valence-electron chi connectivity index (χ2n) is 8.13. The zero-order valence-electron chi connectivity index (χ0n) is 17.2. The summed E-state index contributed by atoms with van der Waals surface area (Å²) in [4.78, 5) is 23.9. The Morgan fingerprint density at radius 2 is 1.45 bits per heavy atom. The van der Waals surface area contributed by atoms with Gasteiger partial charge >= 0.3 is 0 Å². The highest BCUT2D eigenvalue weighted by molar-refractivity contribution is 6.07. The molecule has 5 rings (SSSR count). The zero-order valence-corrected chi connectivity index (χ0v) is 17.2. The monoisotopic (exact) mass is 422 g/mol. The number of pyridine rings is 1.